The van der Waals surface area contributed by atoms with Crippen LogP contribution in [0.3, 0.4) is 0 Å². The lowest BCUT2D eigenvalue weighted by atomic mass is 10.1. The first kappa shape index (κ1) is 15.3. The molecule has 6 nitrogen and oxygen atoms in total. The number of thioether (sulfide) groups is 1. The highest BCUT2D eigenvalue weighted by atomic mass is 32.2. The molecule has 0 aliphatic heterocycles. The van der Waals surface area contributed by atoms with Gasteiger partial charge >= 0.3 is 0 Å². The molecule has 0 fully saturated rings. The molecule has 0 atom stereocenters. The summed E-state index contributed by atoms with van der Waals surface area (Å²) in [5, 5.41) is 13.2. The number of hydrogen-bond donors (Lipinski definition) is 1. The SMILES string of the molecule is O=C(Sc1nc2cc3ccccc3cc2[nH]1)c1cccc([N+](=O)[O-])c1. The summed E-state index contributed by atoms with van der Waals surface area (Å²) in [6, 6.07) is 17.6. The lowest BCUT2D eigenvalue weighted by Gasteiger charge is -1.98. The molecule has 25 heavy (non-hydrogen) atoms. The minimum Gasteiger partial charge on any atom is -0.333 e. The van der Waals surface area contributed by atoms with Gasteiger partial charge in [0.1, 0.15) is 0 Å². The molecule has 0 saturated carbocycles. The van der Waals surface area contributed by atoms with Crippen molar-refractivity contribution in [1.29, 1.82) is 0 Å². The maximum Gasteiger partial charge on any atom is 0.270 e. The number of rotatable bonds is 3. The number of nitro groups is 1. The van der Waals surface area contributed by atoms with Crippen LogP contribution >= 0.6 is 11.8 Å². The second kappa shape index (κ2) is 6.03. The average Bonchev–Trinajstić information content (AvgIpc) is 3.00. The van der Waals surface area contributed by atoms with Gasteiger partial charge in [0, 0.05) is 17.7 Å². The maximum absolute atomic E-state index is 12.4. The second-order valence-electron chi connectivity index (χ2n) is 5.46. The van der Waals surface area contributed by atoms with Crippen molar-refractivity contribution in [3.05, 3.63) is 76.3 Å². The minimum absolute atomic E-state index is 0.109. The van der Waals surface area contributed by atoms with E-state index in [1.165, 1.54) is 18.2 Å². The molecule has 1 heterocycles. The molecule has 0 saturated heterocycles. The predicted molar refractivity (Wildman–Crippen MR) is 96.9 cm³/mol. The summed E-state index contributed by atoms with van der Waals surface area (Å²) in [5.41, 5.74) is 1.77. The van der Waals surface area contributed by atoms with E-state index >= 15 is 0 Å². The molecule has 0 bridgehead atoms. The topological polar surface area (TPSA) is 88.9 Å². The van der Waals surface area contributed by atoms with Crippen molar-refractivity contribution < 1.29 is 9.72 Å². The van der Waals surface area contributed by atoms with Crippen molar-refractivity contribution in [2.24, 2.45) is 0 Å². The molecule has 7 heteroatoms. The summed E-state index contributed by atoms with van der Waals surface area (Å²) in [6.45, 7) is 0. The van der Waals surface area contributed by atoms with Gasteiger partial charge in [0.2, 0.25) is 5.12 Å². The summed E-state index contributed by atoms with van der Waals surface area (Å²) in [6.07, 6.45) is 0. The zero-order valence-corrected chi connectivity index (χ0v) is 13.6. The minimum atomic E-state index is -0.520. The van der Waals surface area contributed by atoms with Crippen molar-refractivity contribution in [2.45, 2.75) is 5.16 Å². The van der Waals surface area contributed by atoms with E-state index in [2.05, 4.69) is 9.97 Å². The molecule has 1 aromatic heterocycles. The number of fused-ring (bicyclic) bond motifs is 2. The van der Waals surface area contributed by atoms with Crippen LogP contribution in [0.4, 0.5) is 5.69 Å². The number of carbonyl (C=O) groups excluding carboxylic acids is 1. The van der Waals surface area contributed by atoms with Gasteiger partial charge in [-0.2, -0.15) is 0 Å². The highest BCUT2D eigenvalue weighted by Crippen LogP contribution is 2.27. The Morgan fingerprint density at radius 1 is 1.04 bits per heavy atom. The molecule has 0 unspecified atom stereocenters. The third-order valence-electron chi connectivity index (χ3n) is 3.81. The number of nitrogens with zero attached hydrogens (tertiary/aromatic N) is 2. The molecular formula is C18H11N3O3S. The molecule has 0 aliphatic carbocycles. The number of imidazole rings is 1. The van der Waals surface area contributed by atoms with Crippen molar-refractivity contribution in [3.8, 4) is 0 Å². The zero-order valence-electron chi connectivity index (χ0n) is 12.8. The molecule has 0 radical (unpaired) electrons. The van der Waals surface area contributed by atoms with E-state index in [1.807, 2.05) is 36.4 Å². The van der Waals surface area contributed by atoms with Gasteiger partial charge in [-0.25, -0.2) is 4.98 Å². The fraction of sp³-hybridized carbons (Fsp3) is 0. The van der Waals surface area contributed by atoms with E-state index in [1.54, 1.807) is 6.07 Å². The van der Waals surface area contributed by atoms with E-state index in [-0.39, 0.29) is 16.4 Å². The molecule has 1 N–H and O–H groups in total. The summed E-state index contributed by atoms with van der Waals surface area (Å²) < 4.78 is 0. The monoisotopic (exact) mass is 349 g/mol. The van der Waals surface area contributed by atoms with Gasteiger partial charge in [-0.3, -0.25) is 14.9 Å². The average molecular weight is 349 g/mol. The predicted octanol–water partition coefficient (Wildman–Crippen LogP) is 4.56. The van der Waals surface area contributed by atoms with Gasteiger partial charge in [0.25, 0.3) is 5.69 Å². The van der Waals surface area contributed by atoms with E-state index in [9.17, 15) is 14.9 Å². The number of nitro benzene ring substituents is 1. The van der Waals surface area contributed by atoms with Crippen LogP contribution in [-0.4, -0.2) is 20.0 Å². The first-order chi connectivity index (χ1) is 12.1. The number of carbonyl (C=O) groups is 1. The molecule has 122 valence electrons. The summed E-state index contributed by atoms with van der Waals surface area (Å²) in [4.78, 5) is 30.3. The fourth-order valence-corrected chi connectivity index (χ4v) is 3.34. The summed E-state index contributed by atoms with van der Waals surface area (Å²) >= 11 is 0.921. The Hall–Kier alpha value is -3.19. The smallest absolute Gasteiger partial charge is 0.270 e. The number of hydrogen-bond acceptors (Lipinski definition) is 5. The number of aromatic nitrogens is 2. The molecule has 3 aromatic carbocycles. The Kier molecular flexibility index (Phi) is 3.70. The summed E-state index contributed by atoms with van der Waals surface area (Å²) in [5.74, 6) is 0. The zero-order chi connectivity index (χ0) is 17.4. The van der Waals surface area contributed by atoms with Crippen LogP contribution in [-0.2, 0) is 0 Å². The Labute approximate surface area is 146 Å². The van der Waals surface area contributed by atoms with Gasteiger partial charge in [-0.1, -0.05) is 30.3 Å². The molecule has 4 rings (SSSR count). The van der Waals surface area contributed by atoms with Gasteiger partial charge in [0.15, 0.2) is 5.16 Å². The Morgan fingerprint density at radius 2 is 1.80 bits per heavy atom. The van der Waals surface area contributed by atoms with E-state index in [0.29, 0.717) is 5.16 Å². The Bertz CT molecular complexity index is 1080. The lowest BCUT2D eigenvalue weighted by molar-refractivity contribution is -0.384. The third-order valence-corrected chi connectivity index (χ3v) is 4.62. The van der Waals surface area contributed by atoms with Gasteiger partial charge in [-0.05, 0) is 40.7 Å². The van der Waals surface area contributed by atoms with Crippen LogP contribution in [0, 0.1) is 10.1 Å². The first-order valence-electron chi connectivity index (χ1n) is 7.45. The van der Waals surface area contributed by atoms with E-state index in [0.717, 1.165) is 33.6 Å². The van der Waals surface area contributed by atoms with E-state index in [4.69, 9.17) is 0 Å². The van der Waals surface area contributed by atoms with Crippen LogP contribution in [0.15, 0.2) is 65.8 Å². The standard InChI is InChI=1S/C18H11N3O3S/c22-17(13-6-3-7-14(8-13)21(23)24)25-18-19-15-9-11-4-1-2-5-12(11)10-16(15)20-18/h1-10H,(H,19,20). The molecular weight excluding hydrogens is 338 g/mol. The number of H-pyrrole nitrogens is 1. The largest absolute Gasteiger partial charge is 0.333 e. The molecule has 0 amide bonds. The van der Waals surface area contributed by atoms with Crippen LogP contribution < -0.4 is 0 Å². The van der Waals surface area contributed by atoms with Gasteiger partial charge < -0.3 is 4.98 Å². The van der Waals surface area contributed by atoms with Crippen molar-refractivity contribution in [2.75, 3.05) is 0 Å². The quantitative estimate of drug-likeness (QED) is 0.333. The van der Waals surface area contributed by atoms with Gasteiger partial charge in [0.05, 0.1) is 16.0 Å². The number of nitrogens with one attached hydrogen (secondary N) is 1. The van der Waals surface area contributed by atoms with Crippen LogP contribution in [0.1, 0.15) is 10.4 Å². The maximum atomic E-state index is 12.4. The van der Waals surface area contributed by atoms with Crippen molar-refractivity contribution >= 4 is 44.4 Å². The first-order valence-corrected chi connectivity index (χ1v) is 8.27. The number of aromatic amines is 1. The summed E-state index contributed by atoms with van der Waals surface area (Å²) in [7, 11) is 0. The second-order valence-corrected chi connectivity index (χ2v) is 6.42. The van der Waals surface area contributed by atoms with Crippen molar-refractivity contribution in [1.82, 2.24) is 9.97 Å². The number of benzene rings is 3. The van der Waals surface area contributed by atoms with Gasteiger partial charge in [-0.15, -0.1) is 0 Å². The molecule has 0 spiro atoms. The van der Waals surface area contributed by atoms with E-state index < -0.39 is 4.92 Å². The Morgan fingerprint density at radius 3 is 2.56 bits per heavy atom. The normalized spacial score (nSPS) is 11.0. The van der Waals surface area contributed by atoms with Crippen molar-refractivity contribution in [3.63, 3.8) is 0 Å². The highest BCUT2D eigenvalue weighted by Gasteiger charge is 2.15. The number of non-ortho nitro benzene ring substituents is 1. The molecule has 0 aliphatic rings. The Balaban J connectivity index is 1.66. The van der Waals surface area contributed by atoms with Crippen LogP contribution in [0.25, 0.3) is 21.8 Å². The third kappa shape index (κ3) is 2.97. The lowest BCUT2D eigenvalue weighted by Crippen LogP contribution is -1.96. The fourth-order valence-electron chi connectivity index (χ4n) is 2.61. The van der Waals surface area contributed by atoms with Crippen LogP contribution in [0.5, 0.6) is 0 Å². The van der Waals surface area contributed by atoms with Crippen LogP contribution in [0.2, 0.25) is 0 Å². The molecule has 4 aromatic rings. The highest BCUT2D eigenvalue weighted by molar-refractivity contribution is 8.14.